The lowest BCUT2D eigenvalue weighted by Crippen LogP contribution is -2.43. The number of hydrogen-bond donors (Lipinski definition) is 2. The van der Waals surface area contributed by atoms with Crippen LogP contribution in [0.25, 0.3) is 0 Å². The molecular formula is C20H19BrF3N3O3. The Hall–Kier alpha value is -2.88. The Morgan fingerprint density at radius 3 is 2.40 bits per heavy atom. The number of para-hydroxylation sites is 1. The van der Waals surface area contributed by atoms with E-state index in [1.54, 1.807) is 31.2 Å². The molecule has 0 bridgehead atoms. The zero-order valence-electron chi connectivity index (χ0n) is 15.9. The largest absolute Gasteiger partial charge is 0.418 e. The number of benzene rings is 2. The Labute approximate surface area is 179 Å². The number of carbonyl (C=O) groups is 3. The van der Waals surface area contributed by atoms with Gasteiger partial charge in [0.1, 0.15) is 0 Å². The molecule has 0 atom stereocenters. The lowest BCUT2D eigenvalue weighted by Gasteiger charge is -2.21. The van der Waals surface area contributed by atoms with E-state index in [9.17, 15) is 27.6 Å². The number of nitrogens with zero attached hydrogens (tertiary/aromatic N) is 1. The fourth-order valence-electron chi connectivity index (χ4n) is 2.58. The van der Waals surface area contributed by atoms with Crippen molar-refractivity contribution in [2.24, 2.45) is 0 Å². The summed E-state index contributed by atoms with van der Waals surface area (Å²) >= 11 is 3.25. The molecule has 2 aromatic rings. The van der Waals surface area contributed by atoms with E-state index in [2.05, 4.69) is 26.6 Å². The first-order valence-corrected chi connectivity index (χ1v) is 9.68. The van der Waals surface area contributed by atoms with Gasteiger partial charge in [-0.25, -0.2) is 0 Å². The van der Waals surface area contributed by atoms with E-state index in [0.29, 0.717) is 10.0 Å². The first-order chi connectivity index (χ1) is 14.1. The molecule has 0 aliphatic rings. The predicted octanol–water partition coefficient (Wildman–Crippen LogP) is 3.68. The van der Waals surface area contributed by atoms with Crippen LogP contribution >= 0.6 is 15.9 Å². The molecule has 0 heterocycles. The minimum absolute atomic E-state index is 0.139. The molecule has 10 heteroatoms. The van der Waals surface area contributed by atoms with Crippen LogP contribution in [-0.2, 0) is 15.8 Å². The number of alkyl halides is 3. The molecule has 0 saturated heterocycles. The smallest absolute Gasteiger partial charge is 0.343 e. The lowest BCUT2D eigenvalue weighted by molar-refractivity contribution is -0.137. The molecule has 6 nitrogen and oxygen atoms in total. The van der Waals surface area contributed by atoms with Crippen LogP contribution in [-0.4, -0.2) is 42.3 Å². The first kappa shape index (κ1) is 23.4. The van der Waals surface area contributed by atoms with Crippen molar-refractivity contribution in [2.45, 2.75) is 13.1 Å². The minimum atomic E-state index is -4.62. The average molecular weight is 486 g/mol. The number of halogens is 4. The van der Waals surface area contributed by atoms with E-state index in [0.717, 1.165) is 17.0 Å². The molecule has 0 aromatic heterocycles. The first-order valence-electron chi connectivity index (χ1n) is 8.89. The molecule has 0 spiro atoms. The van der Waals surface area contributed by atoms with Crippen LogP contribution in [0.1, 0.15) is 22.8 Å². The van der Waals surface area contributed by atoms with Gasteiger partial charge in [-0.3, -0.25) is 14.4 Å². The van der Waals surface area contributed by atoms with Crippen molar-refractivity contribution in [3.8, 4) is 0 Å². The van der Waals surface area contributed by atoms with E-state index in [1.807, 2.05) is 0 Å². The van der Waals surface area contributed by atoms with Crippen LogP contribution in [0.15, 0.2) is 53.0 Å². The molecule has 3 amide bonds. The summed E-state index contributed by atoms with van der Waals surface area (Å²) in [5.74, 6) is -1.79. The Kier molecular flexibility index (Phi) is 7.99. The molecule has 0 radical (unpaired) electrons. The normalized spacial score (nSPS) is 11.0. The summed E-state index contributed by atoms with van der Waals surface area (Å²) in [7, 11) is 0. The number of amides is 3. The molecule has 0 aliphatic heterocycles. The van der Waals surface area contributed by atoms with Gasteiger partial charge in [0.25, 0.3) is 5.91 Å². The highest BCUT2D eigenvalue weighted by molar-refractivity contribution is 9.10. The van der Waals surface area contributed by atoms with Crippen molar-refractivity contribution in [2.75, 3.05) is 25.0 Å². The number of likely N-dealkylation sites (N-methyl/N-ethyl adjacent to an activating group) is 1. The number of anilines is 1. The summed E-state index contributed by atoms with van der Waals surface area (Å²) in [4.78, 5) is 37.8. The second kappa shape index (κ2) is 10.2. The van der Waals surface area contributed by atoms with Crippen LogP contribution < -0.4 is 10.6 Å². The number of carbonyl (C=O) groups excluding carboxylic acids is 3. The van der Waals surface area contributed by atoms with Crippen LogP contribution in [0.3, 0.4) is 0 Å². The molecule has 0 fully saturated rings. The Balaban J connectivity index is 1.95. The molecule has 2 rings (SSSR count). The van der Waals surface area contributed by atoms with Gasteiger partial charge in [0.2, 0.25) is 11.8 Å². The monoisotopic (exact) mass is 485 g/mol. The van der Waals surface area contributed by atoms with Crippen molar-refractivity contribution in [1.29, 1.82) is 0 Å². The van der Waals surface area contributed by atoms with Crippen LogP contribution in [0.5, 0.6) is 0 Å². The van der Waals surface area contributed by atoms with Crippen molar-refractivity contribution < 1.29 is 27.6 Å². The van der Waals surface area contributed by atoms with Crippen molar-refractivity contribution >= 4 is 39.3 Å². The van der Waals surface area contributed by atoms with E-state index in [1.165, 1.54) is 12.1 Å². The third kappa shape index (κ3) is 6.58. The molecular weight excluding hydrogens is 467 g/mol. The van der Waals surface area contributed by atoms with Gasteiger partial charge in [-0.15, -0.1) is 0 Å². The van der Waals surface area contributed by atoms with E-state index < -0.39 is 36.0 Å². The van der Waals surface area contributed by atoms with Gasteiger partial charge in [0.15, 0.2) is 0 Å². The van der Waals surface area contributed by atoms with Gasteiger partial charge in [-0.05, 0) is 37.3 Å². The Morgan fingerprint density at radius 1 is 1.07 bits per heavy atom. The summed E-state index contributed by atoms with van der Waals surface area (Å²) < 4.78 is 39.8. The summed E-state index contributed by atoms with van der Waals surface area (Å²) in [6, 6.07) is 11.2. The lowest BCUT2D eigenvalue weighted by atomic mass is 10.1. The number of nitrogens with one attached hydrogen (secondary N) is 2. The highest BCUT2D eigenvalue weighted by Gasteiger charge is 2.33. The van der Waals surface area contributed by atoms with Crippen molar-refractivity contribution in [3.05, 3.63) is 64.1 Å². The molecule has 2 aromatic carbocycles. The summed E-state index contributed by atoms with van der Waals surface area (Å²) in [5, 5.41) is 4.65. The molecule has 160 valence electrons. The molecule has 30 heavy (non-hydrogen) atoms. The maximum Gasteiger partial charge on any atom is 0.418 e. The van der Waals surface area contributed by atoms with E-state index in [-0.39, 0.29) is 18.8 Å². The quantitative estimate of drug-likeness (QED) is 0.627. The van der Waals surface area contributed by atoms with Crippen molar-refractivity contribution in [1.82, 2.24) is 10.2 Å². The van der Waals surface area contributed by atoms with E-state index in [4.69, 9.17) is 0 Å². The molecule has 0 saturated carbocycles. The minimum Gasteiger partial charge on any atom is -0.343 e. The summed E-state index contributed by atoms with van der Waals surface area (Å²) in [6.07, 6.45) is -4.62. The van der Waals surface area contributed by atoms with Gasteiger partial charge in [0.05, 0.1) is 24.3 Å². The number of hydrogen-bond acceptors (Lipinski definition) is 3. The van der Waals surface area contributed by atoms with Gasteiger partial charge >= 0.3 is 6.18 Å². The second-order valence-electron chi connectivity index (χ2n) is 6.19. The zero-order valence-corrected chi connectivity index (χ0v) is 17.5. The number of rotatable bonds is 7. The molecule has 2 N–H and O–H groups in total. The second-order valence-corrected chi connectivity index (χ2v) is 7.11. The third-order valence-electron chi connectivity index (χ3n) is 4.06. The van der Waals surface area contributed by atoms with Gasteiger partial charge in [-0.2, -0.15) is 13.2 Å². The van der Waals surface area contributed by atoms with Gasteiger partial charge < -0.3 is 15.5 Å². The van der Waals surface area contributed by atoms with Gasteiger partial charge in [0, 0.05) is 16.6 Å². The fourth-order valence-corrected chi connectivity index (χ4v) is 2.98. The zero-order chi connectivity index (χ0) is 22.3. The highest BCUT2D eigenvalue weighted by atomic mass is 79.9. The van der Waals surface area contributed by atoms with Crippen LogP contribution in [0.4, 0.5) is 18.9 Å². The van der Waals surface area contributed by atoms with E-state index >= 15 is 0 Å². The van der Waals surface area contributed by atoms with Crippen LogP contribution in [0, 0.1) is 0 Å². The Morgan fingerprint density at radius 2 is 1.77 bits per heavy atom. The summed E-state index contributed by atoms with van der Waals surface area (Å²) in [5.41, 5.74) is -1.02. The van der Waals surface area contributed by atoms with Crippen molar-refractivity contribution in [3.63, 3.8) is 0 Å². The Bertz CT molecular complexity index is 935. The maximum absolute atomic E-state index is 13.0. The maximum atomic E-state index is 13.0. The predicted molar refractivity (Wildman–Crippen MR) is 109 cm³/mol. The van der Waals surface area contributed by atoms with Gasteiger partial charge in [-0.1, -0.05) is 34.1 Å². The SMILES string of the molecule is CCN(CC(=O)Nc1ccccc1C(F)(F)F)C(=O)CNC(=O)c1cccc(Br)c1. The topological polar surface area (TPSA) is 78.5 Å². The highest BCUT2D eigenvalue weighted by Crippen LogP contribution is 2.34. The fraction of sp³-hybridized carbons (Fsp3) is 0.250. The molecule has 0 unspecified atom stereocenters. The van der Waals surface area contributed by atoms with Crippen LogP contribution in [0.2, 0.25) is 0 Å². The standard InChI is InChI=1S/C20H19BrF3N3O3/c1-2-27(18(29)11-25-19(30)13-6-5-7-14(21)10-13)12-17(28)26-16-9-4-3-8-15(16)20(22,23)24/h3-10H,2,11-12H2,1H3,(H,25,30)(H,26,28). The molecule has 0 aliphatic carbocycles. The summed E-state index contributed by atoms with van der Waals surface area (Å²) in [6.45, 7) is 0.949. The average Bonchev–Trinajstić information content (AvgIpc) is 2.69. The third-order valence-corrected chi connectivity index (χ3v) is 4.56.